The van der Waals surface area contributed by atoms with Gasteiger partial charge in [0.15, 0.2) is 10.9 Å². The molecule has 0 aliphatic heterocycles. The van der Waals surface area contributed by atoms with Crippen LogP contribution in [-0.2, 0) is 45.8 Å². The molecule has 5 nitrogen and oxygen atoms in total. The Balaban J connectivity index is 1.55. The molecule has 1 fully saturated rings. The van der Waals surface area contributed by atoms with E-state index in [4.69, 9.17) is 9.20 Å². The van der Waals surface area contributed by atoms with E-state index in [0.29, 0.717) is 17.2 Å². The van der Waals surface area contributed by atoms with E-state index in [1.807, 2.05) is 0 Å². The Morgan fingerprint density at radius 1 is 1.26 bits per heavy atom. The summed E-state index contributed by atoms with van der Waals surface area (Å²) in [5, 5.41) is 10.2. The van der Waals surface area contributed by atoms with Crippen molar-refractivity contribution in [1.82, 2.24) is 0 Å². The van der Waals surface area contributed by atoms with Gasteiger partial charge in [-0.1, -0.05) is 31.4 Å². The van der Waals surface area contributed by atoms with Crippen molar-refractivity contribution in [1.29, 1.82) is 4.78 Å². The van der Waals surface area contributed by atoms with Crippen LogP contribution in [0.25, 0.3) is 0 Å². The van der Waals surface area contributed by atoms with Crippen LogP contribution in [0.4, 0.5) is 0 Å². The summed E-state index contributed by atoms with van der Waals surface area (Å²) in [7, 11) is -3.41. The van der Waals surface area contributed by atoms with Gasteiger partial charge in [-0.3, -0.25) is 4.79 Å². The third-order valence-electron chi connectivity index (χ3n) is 6.85. The van der Waals surface area contributed by atoms with Gasteiger partial charge in [0, 0.05) is 18.1 Å². The molecule has 2 aliphatic carbocycles. The molecular weight excluding hydrogens is 410 g/mol. The largest absolute Gasteiger partial charge is 0.451 e. The summed E-state index contributed by atoms with van der Waals surface area (Å²) in [5.41, 5.74) is 4.36. The summed E-state index contributed by atoms with van der Waals surface area (Å²) in [4.78, 5) is 13.0. The van der Waals surface area contributed by atoms with Gasteiger partial charge in [-0.05, 0) is 74.6 Å². The first-order valence-corrected chi connectivity index (χ1v) is 13.0. The smallest absolute Gasteiger partial charge is 0.199 e. The fraction of sp³-hybridized carbons (Fsp3) is 0.560. The highest BCUT2D eigenvalue weighted by atomic mass is 32.2. The zero-order chi connectivity index (χ0) is 22.4. The van der Waals surface area contributed by atoms with Gasteiger partial charge in [0.05, 0.1) is 11.4 Å². The van der Waals surface area contributed by atoms with E-state index in [1.165, 1.54) is 42.0 Å². The number of hydrogen-bond donors (Lipinski definition) is 2. The molecule has 0 bridgehead atoms. The fourth-order valence-corrected chi connectivity index (χ4v) is 6.25. The van der Waals surface area contributed by atoms with Crippen LogP contribution in [-0.4, -0.2) is 20.9 Å². The van der Waals surface area contributed by atoms with Crippen molar-refractivity contribution in [3.05, 3.63) is 51.8 Å². The molecular formula is C25H33NO4S. The summed E-state index contributed by atoms with van der Waals surface area (Å²) in [6, 6.07) is 5.89. The lowest BCUT2D eigenvalue weighted by atomic mass is 9.79. The number of Topliss-reactive ketones (excluding diaryl/α,β-unsaturated/α-hetero) is 1. The molecule has 1 aromatic carbocycles. The Morgan fingerprint density at radius 2 is 2.00 bits per heavy atom. The number of ketones is 1. The van der Waals surface area contributed by atoms with Gasteiger partial charge >= 0.3 is 0 Å². The maximum Gasteiger partial charge on any atom is 0.199 e. The topological polar surface area (TPSA) is 91.4 Å². The van der Waals surface area contributed by atoms with Crippen molar-refractivity contribution in [2.75, 3.05) is 5.75 Å². The first-order chi connectivity index (χ1) is 14.5. The lowest BCUT2D eigenvalue weighted by molar-refractivity contribution is -0.116. The van der Waals surface area contributed by atoms with Crippen LogP contribution in [0.5, 0.6) is 0 Å². The molecule has 1 aromatic heterocycles. The molecule has 1 saturated carbocycles. The quantitative estimate of drug-likeness (QED) is 0.609. The van der Waals surface area contributed by atoms with E-state index >= 15 is 0 Å². The second-order valence-corrected chi connectivity index (χ2v) is 11.9. The monoisotopic (exact) mass is 443 g/mol. The molecule has 31 heavy (non-hydrogen) atoms. The van der Waals surface area contributed by atoms with Crippen molar-refractivity contribution in [2.45, 2.75) is 82.8 Å². The standard InChI is InChI=1S/C25H33NO4S/c1-16-23(25(2,3)28)14-24(30-16)31(26,29)15-20(27)13-22-19(12-17-6-4-7-17)11-10-18-8-5-9-21(18)22/h10-11,14,17,26,28H,4-9,12-13,15H2,1-3H3/t31-/m1/s1. The molecule has 0 saturated heterocycles. The van der Waals surface area contributed by atoms with Gasteiger partial charge in [-0.2, -0.15) is 0 Å². The highest BCUT2D eigenvalue weighted by Gasteiger charge is 2.29. The minimum Gasteiger partial charge on any atom is -0.451 e. The normalized spacial score (nSPS) is 18.5. The van der Waals surface area contributed by atoms with E-state index < -0.39 is 15.3 Å². The number of hydrogen-bond acceptors (Lipinski definition) is 5. The van der Waals surface area contributed by atoms with Gasteiger partial charge < -0.3 is 9.52 Å². The van der Waals surface area contributed by atoms with Crippen LogP contribution in [0.15, 0.2) is 27.7 Å². The molecule has 0 unspecified atom stereocenters. The zero-order valence-corrected chi connectivity index (χ0v) is 19.6. The van der Waals surface area contributed by atoms with Crippen LogP contribution in [0.3, 0.4) is 0 Å². The van der Waals surface area contributed by atoms with E-state index in [1.54, 1.807) is 20.8 Å². The SMILES string of the molecule is Cc1oc([S@](=N)(=O)CC(=O)Cc2c(CC3CCC3)ccc3c2CCC3)cc1C(C)(C)O. The summed E-state index contributed by atoms with van der Waals surface area (Å²) in [5.74, 6) is 0.588. The van der Waals surface area contributed by atoms with E-state index in [9.17, 15) is 14.1 Å². The van der Waals surface area contributed by atoms with Crippen molar-refractivity contribution < 1.29 is 18.5 Å². The summed E-state index contributed by atoms with van der Waals surface area (Å²) < 4.78 is 27.0. The fourth-order valence-electron chi connectivity index (χ4n) is 4.98. The molecule has 0 spiro atoms. The molecule has 1 heterocycles. The Kier molecular flexibility index (Phi) is 5.90. The average Bonchev–Trinajstić information content (AvgIpc) is 3.25. The zero-order valence-electron chi connectivity index (χ0n) is 18.8. The second-order valence-electron chi connectivity index (χ2n) is 9.82. The van der Waals surface area contributed by atoms with Gasteiger partial charge in [-0.25, -0.2) is 8.99 Å². The third kappa shape index (κ3) is 4.65. The first-order valence-electron chi connectivity index (χ1n) is 11.3. The summed E-state index contributed by atoms with van der Waals surface area (Å²) >= 11 is 0. The number of fused-ring (bicyclic) bond motifs is 1. The summed E-state index contributed by atoms with van der Waals surface area (Å²) in [6.07, 6.45) is 8.22. The van der Waals surface area contributed by atoms with Gasteiger partial charge in [0.2, 0.25) is 0 Å². The van der Waals surface area contributed by atoms with Crippen LogP contribution < -0.4 is 0 Å². The van der Waals surface area contributed by atoms with E-state index in [2.05, 4.69) is 12.1 Å². The molecule has 2 aromatic rings. The molecule has 2 N–H and O–H groups in total. The van der Waals surface area contributed by atoms with Crippen LogP contribution >= 0.6 is 0 Å². The lowest BCUT2D eigenvalue weighted by Crippen LogP contribution is -2.20. The Labute approximate surface area is 185 Å². The Hall–Kier alpha value is -1.92. The number of carbonyl (C=O) groups is 1. The van der Waals surface area contributed by atoms with Gasteiger partial charge in [0.25, 0.3) is 0 Å². The third-order valence-corrected chi connectivity index (χ3v) is 8.43. The number of furan rings is 1. The molecule has 2 aliphatic rings. The second kappa shape index (κ2) is 8.21. The average molecular weight is 444 g/mol. The highest BCUT2D eigenvalue weighted by Crippen LogP contribution is 2.35. The Bertz CT molecular complexity index is 1100. The van der Waals surface area contributed by atoms with Crippen LogP contribution in [0.1, 0.15) is 73.1 Å². The lowest BCUT2D eigenvalue weighted by Gasteiger charge is -2.27. The minimum atomic E-state index is -3.41. The van der Waals surface area contributed by atoms with Crippen molar-refractivity contribution >= 4 is 15.5 Å². The van der Waals surface area contributed by atoms with Crippen LogP contribution in [0.2, 0.25) is 0 Å². The van der Waals surface area contributed by atoms with Crippen molar-refractivity contribution in [3.8, 4) is 0 Å². The van der Waals surface area contributed by atoms with E-state index in [0.717, 1.165) is 31.2 Å². The highest BCUT2D eigenvalue weighted by molar-refractivity contribution is 7.93. The van der Waals surface area contributed by atoms with Crippen LogP contribution in [0, 0.1) is 17.6 Å². The predicted octanol–water partition coefficient (Wildman–Crippen LogP) is 4.86. The number of nitrogens with one attached hydrogen (secondary N) is 1. The maximum atomic E-state index is 13.1. The summed E-state index contributed by atoms with van der Waals surface area (Å²) in [6.45, 7) is 4.91. The van der Waals surface area contributed by atoms with Gasteiger partial charge in [0.1, 0.15) is 15.5 Å². The number of aliphatic hydroxyl groups is 1. The molecule has 6 heteroatoms. The number of rotatable bonds is 8. The first kappa shape index (κ1) is 22.3. The van der Waals surface area contributed by atoms with Gasteiger partial charge in [-0.15, -0.1) is 0 Å². The minimum absolute atomic E-state index is 0.0246. The predicted molar refractivity (Wildman–Crippen MR) is 121 cm³/mol. The molecule has 168 valence electrons. The number of carbonyl (C=O) groups excluding carboxylic acids is 1. The molecule has 1 atom stereocenters. The number of benzene rings is 1. The number of aryl methyl sites for hydroxylation is 2. The molecule has 4 rings (SSSR count). The van der Waals surface area contributed by atoms with E-state index in [-0.39, 0.29) is 23.0 Å². The maximum absolute atomic E-state index is 13.1. The molecule has 0 radical (unpaired) electrons. The Morgan fingerprint density at radius 3 is 2.61 bits per heavy atom. The van der Waals surface area contributed by atoms with Crippen molar-refractivity contribution in [3.63, 3.8) is 0 Å². The molecule has 0 amide bonds. The van der Waals surface area contributed by atoms with Crippen molar-refractivity contribution in [2.24, 2.45) is 5.92 Å².